The molecule has 1 aliphatic rings. The fourth-order valence-electron chi connectivity index (χ4n) is 2.33. The van der Waals surface area contributed by atoms with Gasteiger partial charge >= 0.3 is 0 Å². The van der Waals surface area contributed by atoms with Gasteiger partial charge in [0.15, 0.2) is 8.46 Å². The summed E-state index contributed by atoms with van der Waals surface area (Å²) in [5.74, 6) is 0.654. The maximum Gasteiger partial charge on any atom is 0.192 e. The Labute approximate surface area is 86.7 Å². The molecule has 1 saturated carbocycles. The summed E-state index contributed by atoms with van der Waals surface area (Å²) in [6.07, 6.45) is 6.57. The Morgan fingerprint density at radius 3 is 2.50 bits per heavy atom. The number of hydrogen-bond acceptors (Lipinski definition) is 1. The van der Waals surface area contributed by atoms with E-state index in [1.165, 1.54) is 37.7 Å². The normalized spacial score (nSPS) is 18.6. The quantitative estimate of drug-likeness (QED) is 0.675. The van der Waals surface area contributed by atoms with Crippen molar-refractivity contribution in [3.63, 3.8) is 0 Å². The van der Waals surface area contributed by atoms with E-state index in [1.807, 2.05) is 12.1 Å². The highest BCUT2D eigenvalue weighted by molar-refractivity contribution is 7.34. The second-order valence-corrected chi connectivity index (χ2v) is 4.65. The first-order valence-corrected chi connectivity index (χ1v) is 6.15. The SMILES string of the molecule is O=Pc1ccccc1C1CCCCC1. The molecule has 0 N–H and O–H groups in total. The average molecular weight is 206 g/mol. The second-order valence-electron chi connectivity index (χ2n) is 3.99. The Morgan fingerprint density at radius 2 is 1.79 bits per heavy atom. The molecule has 1 nitrogen and oxygen atoms in total. The molecule has 0 radical (unpaired) electrons. The van der Waals surface area contributed by atoms with Gasteiger partial charge in [-0.1, -0.05) is 37.5 Å². The molecule has 1 aliphatic carbocycles. The van der Waals surface area contributed by atoms with Gasteiger partial charge < -0.3 is 0 Å². The molecule has 0 aromatic heterocycles. The molecule has 0 saturated heterocycles. The van der Waals surface area contributed by atoms with Gasteiger partial charge in [0, 0.05) is 5.30 Å². The van der Waals surface area contributed by atoms with E-state index < -0.39 is 0 Å². The standard InChI is InChI=1S/C12H15OP/c13-14-12-9-5-4-8-11(12)10-6-2-1-3-7-10/h4-5,8-10H,1-3,6-7H2. The van der Waals surface area contributed by atoms with Crippen molar-refractivity contribution in [3.8, 4) is 0 Å². The zero-order valence-electron chi connectivity index (χ0n) is 8.28. The van der Waals surface area contributed by atoms with Crippen molar-refractivity contribution in [2.45, 2.75) is 38.0 Å². The molecule has 14 heavy (non-hydrogen) atoms. The van der Waals surface area contributed by atoms with Crippen molar-refractivity contribution in [2.24, 2.45) is 0 Å². The van der Waals surface area contributed by atoms with Crippen LogP contribution in [0, 0.1) is 0 Å². The molecule has 0 spiro atoms. The summed E-state index contributed by atoms with van der Waals surface area (Å²) in [5, 5.41) is 0.986. The highest BCUT2D eigenvalue weighted by Crippen LogP contribution is 2.32. The van der Waals surface area contributed by atoms with Gasteiger partial charge in [0.1, 0.15) is 0 Å². The Balaban J connectivity index is 2.24. The van der Waals surface area contributed by atoms with Crippen LogP contribution in [0.15, 0.2) is 24.3 Å². The molecule has 1 aromatic carbocycles. The molecule has 1 fully saturated rings. The summed E-state index contributed by atoms with van der Waals surface area (Å²) < 4.78 is 11.0. The highest BCUT2D eigenvalue weighted by atomic mass is 31.1. The number of benzene rings is 1. The lowest BCUT2D eigenvalue weighted by Crippen LogP contribution is -2.11. The molecular formula is C12H15OP. The van der Waals surface area contributed by atoms with Gasteiger partial charge in [-0.3, -0.25) is 4.57 Å². The van der Waals surface area contributed by atoms with Crippen molar-refractivity contribution >= 4 is 13.8 Å². The lowest BCUT2D eigenvalue weighted by molar-refractivity contribution is 0.445. The van der Waals surface area contributed by atoms with Crippen LogP contribution in [-0.2, 0) is 4.57 Å². The van der Waals surface area contributed by atoms with Crippen LogP contribution in [0.5, 0.6) is 0 Å². The molecule has 2 rings (SSSR count). The first kappa shape index (κ1) is 9.86. The predicted molar refractivity (Wildman–Crippen MR) is 59.5 cm³/mol. The maximum absolute atomic E-state index is 11.0. The predicted octanol–water partition coefficient (Wildman–Crippen LogP) is 3.65. The summed E-state index contributed by atoms with van der Waals surface area (Å²) >= 11 is 0. The van der Waals surface area contributed by atoms with Crippen LogP contribution in [0.1, 0.15) is 43.6 Å². The zero-order valence-corrected chi connectivity index (χ0v) is 9.17. The van der Waals surface area contributed by atoms with Crippen molar-refractivity contribution in [3.05, 3.63) is 29.8 Å². The first-order valence-electron chi connectivity index (χ1n) is 5.34. The summed E-state index contributed by atoms with van der Waals surface area (Å²) in [4.78, 5) is 0. The van der Waals surface area contributed by atoms with Crippen LogP contribution < -0.4 is 5.30 Å². The van der Waals surface area contributed by atoms with E-state index in [9.17, 15) is 4.57 Å². The third-order valence-corrected chi connectivity index (χ3v) is 3.68. The fourth-order valence-corrected chi connectivity index (χ4v) is 2.84. The average Bonchev–Trinajstić information content (AvgIpc) is 2.30. The lowest BCUT2D eigenvalue weighted by atomic mass is 9.84. The second kappa shape index (κ2) is 4.70. The Bertz CT molecular complexity index is 316. The van der Waals surface area contributed by atoms with Crippen LogP contribution in [-0.4, -0.2) is 0 Å². The van der Waals surface area contributed by atoms with E-state index in [4.69, 9.17) is 0 Å². The summed E-state index contributed by atoms with van der Waals surface area (Å²) in [5.41, 5.74) is 1.31. The van der Waals surface area contributed by atoms with E-state index in [0.29, 0.717) is 5.92 Å². The van der Waals surface area contributed by atoms with Crippen molar-refractivity contribution in [2.75, 3.05) is 0 Å². The van der Waals surface area contributed by atoms with Gasteiger partial charge in [-0.25, -0.2) is 0 Å². The molecule has 0 amide bonds. The molecular weight excluding hydrogens is 191 g/mol. The Hall–Kier alpha value is -0.680. The van der Waals surface area contributed by atoms with E-state index >= 15 is 0 Å². The van der Waals surface area contributed by atoms with E-state index in [1.54, 1.807) is 0 Å². The van der Waals surface area contributed by atoms with Crippen LogP contribution in [0.3, 0.4) is 0 Å². The van der Waals surface area contributed by atoms with Gasteiger partial charge in [0.05, 0.1) is 0 Å². The minimum Gasteiger partial charge on any atom is -0.269 e. The maximum atomic E-state index is 11.0. The van der Waals surface area contributed by atoms with Gasteiger partial charge in [-0.05, 0) is 30.4 Å². The Kier molecular flexibility index (Phi) is 3.31. The van der Waals surface area contributed by atoms with Crippen LogP contribution in [0.2, 0.25) is 0 Å². The van der Waals surface area contributed by atoms with E-state index in [2.05, 4.69) is 12.1 Å². The molecule has 0 aliphatic heterocycles. The van der Waals surface area contributed by atoms with E-state index in [-0.39, 0.29) is 8.46 Å². The third kappa shape index (κ3) is 2.04. The number of rotatable bonds is 2. The fraction of sp³-hybridized carbons (Fsp3) is 0.500. The zero-order chi connectivity index (χ0) is 9.80. The molecule has 0 heterocycles. The highest BCUT2D eigenvalue weighted by Gasteiger charge is 2.17. The first-order chi connectivity index (χ1) is 6.92. The van der Waals surface area contributed by atoms with Gasteiger partial charge in [0.25, 0.3) is 0 Å². The smallest absolute Gasteiger partial charge is 0.192 e. The van der Waals surface area contributed by atoms with Crippen molar-refractivity contribution < 1.29 is 4.57 Å². The summed E-state index contributed by atoms with van der Waals surface area (Å²) in [7, 11) is 0.171. The van der Waals surface area contributed by atoms with Crippen molar-refractivity contribution in [1.29, 1.82) is 0 Å². The molecule has 1 aromatic rings. The van der Waals surface area contributed by atoms with E-state index in [0.717, 1.165) is 5.30 Å². The number of hydrogen-bond donors (Lipinski definition) is 0. The minimum absolute atomic E-state index is 0.171. The monoisotopic (exact) mass is 206 g/mol. The largest absolute Gasteiger partial charge is 0.269 e. The lowest BCUT2D eigenvalue weighted by Gasteiger charge is -2.22. The summed E-state index contributed by atoms with van der Waals surface area (Å²) in [6.45, 7) is 0. The topological polar surface area (TPSA) is 17.1 Å². The summed E-state index contributed by atoms with van der Waals surface area (Å²) in [6, 6.07) is 8.12. The van der Waals surface area contributed by atoms with Gasteiger partial charge in [-0.15, -0.1) is 0 Å². The van der Waals surface area contributed by atoms with Gasteiger partial charge in [0.2, 0.25) is 0 Å². The molecule has 74 valence electrons. The molecule has 0 atom stereocenters. The van der Waals surface area contributed by atoms with Gasteiger partial charge in [-0.2, -0.15) is 0 Å². The van der Waals surface area contributed by atoms with Crippen LogP contribution >= 0.6 is 8.46 Å². The van der Waals surface area contributed by atoms with Crippen LogP contribution in [0.4, 0.5) is 0 Å². The third-order valence-electron chi connectivity index (χ3n) is 3.08. The molecule has 2 heteroatoms. The molecule has 0 unspecified atom stereocenters. The van der Waals surface area contributed by atoms with Crippen molar-refractivity contribution in [1.82, 2.24) is 0 Å². The Morgan fingerprint density at radius 1 is 1.07 bits per heavy atom. The minimum atomic E-state index is 0.171. The van der Waals surface area contributed by atoms with Crippen LogP contribution in [0.25, 0.3) is 0 Å². The molecule has 0 bridgehead atoms.